The van der Waals surface area contributed by atoms with Crippen molar-refractivity contribution in [3.05, 3.63) is 0 Å². The largest absolute Gasteiger partial charge is 0.356 e. The second kappa shape index (κ2) is 6.21. The Morgan fingerprint density at radius 3 is 1.61 bits per heavy atom. The zero-order chi connectivity index (χ0) is 13.8. The molecule has 0 aliphatic heterocycles. The Kier molecular flexibility index (Phi) is 5.17. The van der Waals surface area contributed by atoms with E-state index in [-0.39, 0.29) is 17.5 Å². The van der Waals surface area contributed by atoms with Crippen molar-refractivity contribution in [1.29, 1.82) is 0 Å². The minimum atomic E-state index is 0.165. The number of hydrogen-bond donors (Lipinski definition) is 2. The highest BCUT2D eigenvalue weighted by molar-refractivity contribution is 5.48. The van der Waals surface area contributed by atoms with Gasteiger partial charge in [0, 0.05) is 12.1 Å². The molecular formula is C14H26N2O2. The number of rotatable bonds is 6. The third-order valence-electron chi connectivity index (χ3n) is 4.73. The van der Waals surface area contributed by atoms with Crippen molar-refractivity contribution >= 4 is 12.8 Å². The van der Waals surface area contributed by atoms with Gasteiger partial charge in [0.05, 0.1) is 0 Å². The molecule has 0 spiro atoms. The van der Waals surface area contributed by atoms with Crippen molar-refractivity contribution in [1.82, 2.24) is 10.6 Å². The zero-order valence-electron chi connectivity index (χ0n) is 11.9. The summed E-state index contributed by atoms with van der Waals surface area (Å²) in [6.45, 7) is 8.95. The molecule has 2 unspecified atom stereocenters. The van der Waals surface area contributed by atoms with Crippen molar-refractivity contribution in [3.63, 3.8) is 0 Å². The fraction of sp³-hybridized carbons (Fsp3) is 0.857. The number of hydrogen-bond acceptors (Lipinski definition) is 2. The molecule has 4 nitrogen and oxygen atoms in total. The summed E-state index contributed by atoms with van der Waals surface area (Å²) in [5, 5.41) is 5.80. The molecule has 1 aliphatic carbocycles. The van der Waals surface area contributed by atoms with Crippen LogP contribution in [0.25, 0.3) is 0 Å². The average molecular weight is 254 g/mol. The lowest BCUT2D eigenvalue weighted by molar-refractivity contribution is -0.111. The van der Waals surface area contributed by atoms with E-state index in [2.05, 4.69) is 38.3 Å². The number of nitrogens with one attached hydrogen (secondary N) is 2. The van der Waals surface area contributed by atoms with E-state index < -0.39 is 0 Å². The lowest BCUT2D eigenvalue weighted by Crippen LogP contribution is -2.52. The summed E-state index contributed by atoms with van der Waals surface area (Å²) >= 11 is 0. The molecule has 2 atom stereocenters. The summed E-state index contributed by atoms with van der Waals surface area (Å²) in [6, 6.07) is 0.331. The molecule has 1 aliphatic rings. The number of amides is 2. The first-order chi connectivity index (χ1) is 8.46. The van der Waals surface area contributed by atoms with E-state index >= 15 is 0 Å². The van der Waals surface area contributed by atoms with Crippen LogP contribution >= 0.6 is 0 Å². The van der Waals surface area contributed by atoms with Crippen LogP contribution in [0, 0.1) is 17.3 Å². The molecule has 0 saturated heterocycles. The van der Waals surface area contributed by atoms with Crippen LogP contribution in [0.3, 0.4) is 0 Å². The molecule has 0 aromatic carbocycles. The first-order valence-corrected chi connectivity index (χ1v) is 6.85. The molecule has 18 heavy (non-hydrogen) atoms. The Hall–Kier alpha value is -1.06. The van der Waals surface area contributed by atoms with Gasteiger partial charge in [0.25, 0.3) is 0 Å². The van der Waals surface area contributed by atoms with Crippen LogP contribution in [0.4, 0.5) is 0 Å². The predicted molar refractivity (Wildman–Crippen MR) is 71.9 cm³/mol. The lowest BCUT2D eigenvalue weighted by atomic mass is 9.58. The van der Waals surface area contributed by atoms with E-state index in [1.54, 1.807) is 0 Å². The van der Waals surface area contributed by atoms with Gasteiger partial charge in [0.1, 0.15) is 0 Å². The van der Waals surface area contributed by atoms with E-state index in [1.807, 2.05) is 0 Å². The van der Waals surface area contributed by atoms with Crippen LogP contribution in [-0.2, 0) is 9.59 Å². The highest BCUT2D eigenvalue weighted by Gasteiger charge is 2.44. The van der Waals surface area contributed by atoms with Crippen LogP contribution in [0.2, 0.25) is 0 Å². The standard InChI is InChI=1S/C14H26N2O2/c1-10(2)14(11(3)4)6-12(15-8-17)5-13(7-14)16-9-18/h8-13H,5-7H2,1-4H3,(H,15,17)(H,16,18). The second-order valence-corrected chi connectivity index (χ2v) is 6.15. The van der Waals surface area contributed by atoms with E-state index in [1.165, 1.54) is 0 Å². The van der Waals surface area contributed by atoms with Gasteiger partial charge < -0.3 is 10.6 Å². The monoisotopic (exact) mass is 254 g/mol. The maximum Gasteiger partial charge on any atom is 0.207 e. The number of carbonyl (C=O) groups excluding carboxylic acids is 2. The maximum atomic E-state index is 10.7. The highest BCUT2D eigenvalue weighted by Crippen LogP contribution is 2.48. The first-order valence-electron chi connectivity index (χ1n) is 6.85. The fourth-order valence-corrected chi connectivity index (χ4v) is 3.57. The summed E-state index contributed by atoms with van der Waals surface area (Å²) in [6.07, 6.45) is 4.38. The highest BCUT2D eigenvalue weighted by atomic mass is 16.1. The van der Waals surface area contributed by atoms with E-state index in [0.29, 0.717) is 11.8 Å². The van der Waals surface area contributed by atoms with Crippen molar-refractivity contribution < 1.29 is 9.59 Å². The molecular weight excluding hydrogens is 228 g/mol. The van der Waals surface area contributed by atoms with Crippen LogP contribution in [0.5, 0.6) is 0 Å². The molecule has 0 bridgehead atoms. The third kappa shape index (κ3) is 3.03. The summed E-state index contributed by atoms with van der Waals surface area (Å²) in [7, 11) is 0. The minimum absolute atomic E-state index is 0.165. The van der Waals surface area contributed by atoms with Gasteiger partial charge in [-0.15, -0.1) is 0 Å². The first kappa shape index (κ1) is 15.0. The lowest BCUT2D eigenvalue weighted by Gasteiger charge is -2.50. The molecule has 0 heterocycles. The average Bonchev–Trinajstić information content (AvgIpc) is 2.28. The van der Waals surface area contributed by atoms with Crippen LogP contribution < -0.4 is 10.6 Å². The Morgan fingerprint density at radius 2 is 1.33 bits per heavy atom. The van der Waals surface area contributed by atoms with Gasteiger partial charge in [-0.25, -0.2) is 0 Å². The third-order valence-corrected chi connectivity index (χ3v) is 4.73. The van der Waals surface area contributed by atoms with Crippen molar-refractivity contribution in [2.75, 3.05) is 0 Å². The molecule has 1 fully saturated rings. The van der Waals surface area contributed by atoms with Gasteiger partial charge in [0.15, 0.2) is 0 Å². The molecule has 0 aromatic rings. The minimum Gasteiger partial charge on any atom is -0.356 e. The predicted octanol–water partition coefficient (Wildman–Crippen LogP) is 1.70. The molecule has 104 valence electrons. The van der Waals surface area contributed by atoms with Gasteiger partial charge in [-0.2, -0.15) is 0 Å². The fourth-order valence-electron chi connectivity index (χ4n) is 3.57. The van der Waals surface area contributed by atoms with Crippen LogP contribution in [0.15, 0.2) is 0 Å². The Bertz CT molecular complexity index is 262. The van der Waals surface area contributed by atoms with Gasteiger partial charge >= 0.3 is 0 Å². The van der Waals surface area contributed by atoms with Gasteiger partial charge in [-0.1, -0.05) is 27.7 Å². The normalized spacial score (nSPS) is 27.0. The SMILES string of the molecule is CC(C)C1(C(C)C)CC(NC=O)CC(NC=O)C1. The summed E-state index contributed by atoms with van der Waals surface area (Å²) in [5.74, 6) is 1.06. The summed E-state index contributed by atoms with van der Waals surface area (Å²) in [4.78, 5) is 21.4. The molecule has 0 aromatic heterocycles. The maximum absolute atomic E-state index is 10.7. The second-order valence-electron chi connectivity index (χ2n) is 6.15. The van der Waals surface area contributed by atoms with Crippen molar-refractivity contribution in [3.8, 4) is 0 Å². The quantitative estimate of drug-likeness (QED) is 0.709. The zero-order valence-corrected chi connectivity index (χ0v) is 11.9. The summed E-state index contributed by atoms with van der Waals surface area (Å²) < 4.78 is 0. The molecule has 1 saturated carbocycles. The van der Waals surface area contributed by atoms with E-state index in [9.17, 15) is 9.59 Å². The smallest absolute Gasteiger partial charge is 0.207 e. The van der Waals surface area contributed by atoms with Crippen molar-refractivity contribution in [2.45, 2.75) is 59.0 Å². The molecule has 0 radical (unpaired) electrons. The van der Waals surface area contributed by atoms with Crippen LogP contribution in [0.1, 0.15) is 47.0 Å². The topological polar surface area (TPSA) is 58.2 Å². The molecule has 2 amide bonds. The van der Waals surface area contributed by atoms with Gasteiger partial charge in [-0.3, -0.25) is 9.59 Å². The van der Waals surface area contributed by atoms with Crippen molar-refractivity contribution in [2.24, 2.45) is 17.3 Å². The molecule has 4 heteroatoms. The van der Waals surface area contributed by atoms with Gasteiger partial charge in [0.2, 0.25) is 12.8 Å². The van der Waals surface area contributed by atoms with Gasteiger partial charge in [-0.05, 0) is 36.5 Å². The molecule has 1 rings (SSSR count). The van der Waals surface area contributed by atoms with E-state index in [0.717, 1.165) is 32.1 Å². The number of carbonyl (C=O) groups is 2. The van der Waals surface area contributed by atoms with E-state index in [4.69, 9.17) is 0 Å². The Labute approximate surface area is 110 Å². The summed E-state index contributed by atoms with van der Waals surface area (Å²) in [5.41, 5.74) is 0.180. The van der Waals surface area contributed by atoms with Crippen LogP contribution in [-0.4, -0.2) is 24.9 Å². The Balaban J connectivity index is 2.93. The molecule has 2 N–H and O–H groups in total. The Morgan fingerprint density at radius 1 is 0.944 bits per heavy atom.